The van der Waals surface area contributed by atoms with Crippen LogP contribution in [0, 0.1) is 12.7 Å². The van der Waals surface area contributed by atoms with Gasteiger partial charge in [-0.15, -0.1) is 0 Å². The fourth-order valence-electron chi connectivity index (χ4n) is 1.81. The van der Waals surface area contributed by atoms with Crippen LogP contribution in [0.1, 0.15) is 17.5 Å². The minimum Gasteiger partial charge on any atom is -0.324 e. The van der Waals surface area contributed by atoms with E-state index in [4.69, 9.17) is 0 Å². The predicted molar refractivity (Wildman–Crippen MR) is 87.0 cm³/mol. The molecule has 110 valence electrons. The van der Waals surface area contributed by atoms with Crippen molar-refractivity contribution in [3.63, 3.8) is 0 Å². The molecule has 0 heterocycles. The molecule has 0 aliphatic rings. The van der Waals surface area contributed by atoms with Crippen LogP contribution in [-0.4, -0.2) is 11.7 Å². The summed E-state index contributed by atoms with van der Waals surface area (Å²) in [6.45, 7) is 2.06. The van der Waals surface area contributed by atoms with Crippen molar-refractivity contribution in [3.8, 4) is 0 Å². The first kappa shape index (κ1) is 15.6. The highest BCUT2D eigenvalue weighted by Crippen LogP contribution is 2.16. The highest BCUT2D eigenvalue weighted by Gasteiger charge is 2.06. The molecule has 0 aliphatic carbocycles. The molecule has 4 heteroatoms. The van der Waals surface area contributed by atoms with Crippen LogP contribution in [0.4, 0.5) is 10.1 Å². The van der Waals surface area contributed by atoms with Crippen LogP contribution in [0.2, 0.25) is 0 Å². The SMILES string of the molecule is Cc1ccc(CSCCC(=O)Nc2ccccc2F)cc1. The van der Waals surface area contributed by atoms with Crippen molar-refractivity contribution in [1.29, 1.82) is 0 Å². The van der Waals surface area contributed by atoms with Crippen molar-refractivity contribution in [2.75, 3.05) is 11.1 Å². The molecule has 0 aliphatic heterocycles. The molecule has 0 aromatic heterocycles. The average molecular weight is 303 g/mol. The third-order valence-electron chi connectivity index (χ3n) is 3.01. The maximum absolute atomic E-state index is 13.4. The Bertz CT molecular complexity index is 598. The van der Waals surface area contributed by atoms with E-state index in [2.05, 4.69) is 36.5 Å². The number of hydrogen-bond donors (Lipinski definition) is 1. The highest BCUT2D eigenvalue weighted by molar-refractivity contribution is 7.98. The zero-order chi connectivity index (χ0) is 15.1. The van der Waals surface area contributed by atoms with E-state index in [1.165, 1.54) is 17.2 Å². The number of amides is 1. The van der Waals surface area contributed by atoms with Crippen LogP contribution in [0.25, 0.3) is 0 Å². The molecule has 0 bridgehead atoms. The third kappa shape index (κ3) is 5.23. The number of hydrogen-bond acceptors (Lipinski definition) is 2. The van der Waals surface area contributed by atoms with Gasteiger partial charge in [-0.3, -0.25) is 4.79 Å². The number of rotatable bonds is 6. The molecule has 0 atom stereocenters. The Kier molecular flexibility index (Phi) is 5.81. The molecule has 2 aromatic rings. The van der Waals surface area contributed by atoms with Crippen LogP contribution in [0.15, 0.2) is 48.5 Å². The summed E-state index contributed by atoms with van der Waals surface area (Å²) in [5.41, 5.74) is 2.74. The van der Waals surface area contributed by atoms with Gasteiger partial charge in [0.05, 0.1) is 5.69 Å². The summed E-state index contributed by atoms with van der Waals surface area (Å²) in [4.78, 5) is 11.7. The molecule has 2 rings (SSSR count). The molecular weight excluding hydrogens is 285 g/mol. The number of benzene rings is 2. The van der Waals surface area contributed by atoms with Gasteiger partial charge in [0.25, 0.3) is 0 Å². The monoisotopic (exact) mass is 303 g/mol. The Balaban J connectivity index is 1.70. The smallest absolute Gasteiger partial charge is 0.225 e. The Morgan fingerprint density at radius 1 is 1.14 bits per heavy atom. The summed E-state index contributed by atoms with van der Waals surface area (Å²) in [5.74, 6) is 1.04. The van der Waals surface area contributed by atoms with Crippen molar-refractivity contribution in [3.05, 3.63) is 65.5 Å². The molecule has 0 radical (unpaired) electrons. The molecule has 2 aromatic carbocycles. The number of anilines is 1. The number of nitrogens with one attached hydrogen (secondary N) is 1. The summed E-state index contributed by atoms with van der Waals surface area (Å²) < 4.78 is 13.4. The van der Waals surface area contributed by atoms with Gasteiger partial charge in [-0.05, 0) is 24.6 Å². The Morgan fingerprint density at radius 2 is 1.86 bits per heavy atom. The lowest BCUT2D eigenvalue weighted by Crippen LogP contribution is -2.13. The van der Waals surface area contributed by atoms with Gasteiger partial charge in [0.15, 0.2) is 0 Å². The van der Waals surface area contributed by atoms with Crippen molar-refractivity contribution < 1.29 is 9.18 Å². The number of carbonyl (C=O) groups is 1. The van der Waals surface area contributed by atoms with E-state index in [0.717, 1.165) is 5.75 Å². The summed E-state index contributed by atoms with van der Waals surface area (Å²) >= 11 is 1.70. The van der Waals surface area contributed by atoms with Crippen molar-refractivity contribution in [1.82, 2.24) is 0 Å². The topological polar surface area (TPSA) is 29.1 Å². The molecule has 1 amide bonds. The number of halogens is 1. The zero-order valence-corrected chi connectivity index (χ0v) is 12.8. The van der Waals surface area contributed by atoms with Gasteiger partial charge in [0.2, 0.25) is 5.91 Å². The maximum atomic E-state index is 13.4. The van der Waals surface area contributed by atoms with Gasteiger partial charge >= 0.3 is 0 Å². The Hall–Kier alpha value is -1.81. The lowest BCUT2D eigenvalue weighted by Gasteiger charge is -2.06. The summed E-state index contributed by atoms with van der Waals surface area (Å²) in [6, 6.07) is 14.6. The second kappa shape index (κ2) is 7.84. The first-order valence-corrected chi connectivity index (χ1v) is 7.98. The van der Waals surface area contributed by atoms with Gasteiger partial charge in [-0.25, -0.2) is 4.39 Å². The molecule has 2 nitrogen and oxygen atoms in total. The van der Waals surface area contributed by atoms with E-state index in [9.17, 15) is 9.18 Å². The number of thioether (sulfide) groups is 1. The minimum atomic E-state index is -0.404. The quantitative estimate of drug-likeness (QED) is 0.802. The van der Waals surface area contributed by atoms with Crippen molar-refractivity contribution in [2.24, 2.45) is 0 Å². The molecule has 0 unspecified atom stereocenters. The normalized spacial score (nSPS) is 10.4. The van der Waals surface area contributed by atoms with Gasteiger partial charge in [-0.2, -0.15) is 11.8 Å². The fraction of sp³-hybridized carbons (Fsp3) is 0.235. The molecule has 0 saturated heterocycles. The van der Waals surface area contributed by atoms with Crippen LogP contribution in [0.3, 0.4) is 0 Å². The van der Waals surface area contributed by atoms with E-state index in [0.29, 0.717) is 12.2 Å². The molecule has 1 N–H and O–H groups in total. The van der Waals surface area contributed by atoms with Crippen molar-refractivity contribution in [2.45, 2.75) is 19.1 Å². The summed E-state index contributed by atoms with van der Waals surface area (Å²) in [6.07, 6.45) is 0.380. The predicted octanol–water partition coefficient (Wildman–Crippen LogP) is 4.40. The molecular formula is C17H18FNOS. The highest BCUT2D eigenvalue weighted by atomic mass is 32.2. The van der Waals surface area contributed by atoms with E-state index in [1.54, 1.807) is 30.0 Å². The van der Waals surface area contributed by atoms with Crippen LogP contribution in [0.5, 0.6) is 0 Å². The molecule has 0 spiro atoms. The lowest BCUT2D eigenvalue weighted by atomic mass is 10.2. The summed E-state index contributed by atoms with van der Waals surface area (Å²) in [5, 5.41) is 2.59. The fourth-order valence-corrected chi connectivity index (χ4v) is 2.72. The van der Waals surface area contributed by atoms with Crippen LogP contribution in [-0.2, 0) is 10.5 Å². The van der Waals surface area contributed by atoms with Gasteiger partial charge < -0.3 is 5.32 Å². The van der Waals surface area contributed by atoms with E-state index in [1.807, 2.05) is 0 Å². The number of para-hydroxylation sites is 1. The van der Waals surface area contributed by atoms with Crippen LogP contribution < -0.4 is 5.32 Å². The molecule has 0 fully saturated rings. The van der Waals surface area contributed by atoms with Gasteiger partial charge in [-0.1, -0.05) is 42.0 Å². The van der Waals surface area contributed by atoms with Gasteiger partial charge in [0, 0.05) is 17.9 Å². The van der Waals surface area contributed by atoms with E-state index >= 15 is 0 Å². The van der Waals surface area contributed by atoms with Crippen LogP contribution >= 0.6 is 11.8 Å². The average Bonchev–Trinajstić information content (AvgIpc) is 2.48. The first-order valence-electron chi connectivity index (χ1n) is 6.83. The van der Waals surface area contributed by atoms with Crippen molar-refractivity contribution >= 4 is 23.4 Å². The zero-order valence-electron chi connectivity index (χ0n) is 11.9. The lowest BCUT2D eigenvalue weighted by molar-refractivity contribution is -0.115. The summed E-state index contributed by atoms with van der Waals surface area (Å²) in [7, 11) is 0. The van der Waals surface area contributed by atoms with E-state index < -0.39 is 5.82 Å². The maximum Gasteiger partial charge on any atom is 0.225 e. The van der Waals surface area contributed by atoms with Gasteiger partial charge in [0.1, 0.15) is 5.82 Å². The standard InChI is InChI=1S/C17H18FNOS/c1-13-6-8-14(9-7-13)12-21-11-10-17(20)19-16-5-3-2-4-15(16)18/h2-9H,10-12H2,1H3,(H,19,20). The number of aryl methyl sites for hydroxylation is 1. The van der Waals surface area contributed by atoms with E-state index in [-0.39, 0.29) is 11.6 Å². The minimum absolute atomic E-state index is 0.156. The third-order valence-corrected chi connectivity index (χ3v) is 4.04. The first-order chi connectivity index (χ1) is 10.1. The number of carbonyl (C=O) groups excluding carboxylic acids is 1. The Labute approximate surface area is 128 Å². The Morgan fingerprint density at radius 3 is 2.57 bits per heavy atom. The second-order valence-electron chi connectivity index (χ2n) is 4.82. The molecule has 0 saturated carbocycles. The largest absolute Gasteiger partial charge is 0.324 e. The molecule has 21 heavy (non-hydrogen) atoms. The second-order valence-corrected chi connectivity index (χ2v) is 5.92.